The van der Waals surface area contributed by atoms with Crippen LogP contribution < -0.4 is 9.47 Å². The van der Waals surface area contributed by atoms with Gasteiger partial charge in [-0.3, -0.25) is 4.79 Å². The van der Waals surface area contributed by atoms with E-state index in [1.807, 2.05) is 0 Å². The molecule has 0 spiro atoms. The Morgan fingerprint density at radius 1 is 1.25 bits per heavy atom. The molecule has 9 nitrogen and oxygen atoms in total. The van der Waals surface area contributed by atoms with Crippen LogP contribution in [-0.4, -0.2) is 49.4 Å². The predicted molar refractivity (Wildman–Crippen MR) is 95.0 cm³/mol. The van der Waals surface area contributed by atoms with Crippen molar-refractivity contribution >= 4 is 12.3 Å². The Morgan fingerprint density at radius 3 is 2.61 bits per heavy atom. The molecule has 2 N–H and O–H groups in total. The van der Waals surface area contributed by atoms with E-state index in [0.29, 0.717) is 23.3 Å². The Balaban J connectivity index is 2.15. The van der Waals surface area contributed by atoms with Crippen molar-refractivity contribution in [1.29, 1.82) is 0 Å². The van der Waals surface area contributed by atoms with Crippen LogP contribution in [-0.2, 0) is 26.7 Å². The maximum Gasteiger partial charge on any atom is 0.341 e. The summed E-state index contributed by atoms with van der Waals surface area (Å²) in [5, 5.41) is 20.6. The van der Waals surface area contributed by atoms with Gasteiger partial charge in [0.2, 0.25) is 6.10 Å². The standard InChI is InChI=1S/C19H22O9/c1-4-26-18(22)17(21)19(23,25-3)16-8-6-13(28-16)11-27-14-7-5-12(10-20)9-15(14)24-2/h5-10,17,21,23H,4,11H2,1-3H3. The number of aliphatic hydroxyl groups is 2. The zero-order chi connectivity index (χ0) is 20.7. The van der Waals surface area contributed by atoms with Crippen molar-refractivity contribution in [2.45, 2.75) is 25.4 Å². The van der Waals surface area contributed by atoms with E-state index >= 15 is 0 Å². The number of aliphatic hydroxyl groups excluding tert-OH is 1. The number of rotatable bonds is 10. The van der Waals surface area contributed by atoms with Crippen LogP contribution in [0, 0.1) is 0 Å². The molecule has 9 heteroatoms. The van der Waals surface area contributed by atoms with E-state index in [9.17, 15) is 19.8 Å². The second kappa shape index (κ2) is 9.36. The Bertz CT molecular complexity index is 813. The fourth-order valence-electron chi connectivity index (χ4n) is 2.40. The molecule has 0 bridgehead atoms. The highest BCUT2D eigenvalue weighted by molar-refractivity contribution is 5.76. The molecule has 0 amide bonds. The van der Waals surface area contributed by atoms with E-state index in [4.69, 9.17) is 23.4 Å². The van der Waals surface area contributed by atoms with E-state index in [0.717, 1.165) is 7.11 Å². The molecular formula is C19H22O9. The molecule has 0 saturated heterocycles. The van der Waals surface area contributed by atoms with E-state index in [-0.39, 0.29) is 24.7 Å². The fourth-order valence-corrected chi connectivity index (χ4v) is 2.40. The summed E-state index contributed by atoms with van der Waals surface area (Å²) in [6.07, 6.45) is -1.32. The van der Waals surface area contributed by atoms with Crippen molar-refractivity contribution in [3.05, 3.63) is 47.4 Å². The molecule has 0 radical (unpaired) electrons. The summed E-state index contributed by atoms with van der Waals surface area (Å²) < 4.78 is 25.9. The zero-order valence-electron chi connectivity index (χ0n) is 15.7. The third-order valence-electron chi connectivity index (χ3n) is 3.90. The first-order valence-corrected chi connectivity index (χ1v) is 8.37. The molecule has 2 rings (SSSR count). The van der Waals surface area contributed by atoms with Gasteiger partial charge in [-0.15, -0.1) is 0 Å². The molecule has 0 aliphatic heterocycles. The molecule has 0 aliphatic rings. The first kappa shape index (κ1) is 21.4. The number of benzene rings is 1. The monoisotopic (exact) mass is 394 g/mol. The van der Waals surface area contributed by atoms with Crippen molar-refractivity contribution < 1.29 is 43.2 Å². The summed E-state index contributed by atoms with van der Waals surface area (Å²) >= 11 is 0. The molecule has 152 valence electrons. The van der Waals surface area contributed by atoms with E-state index in [1.54, 1.807) is 19.1 Å². The molecule has 2 aromatic rings. The highest BCUT2D eigenvalue weighted by Gasteiger charge is 2.46. The number of ether oxygens (including phenoxy) is 4. The molecular weight excluding hydrogens is 372 g/mol. The summed E-state index contributed by atoms with van der Waals surface area (Å²) in [5.74, 6) is -2.66. The number of carbonyl (C=O) groups is 2. The summed E-state index contributed by atoms with van der Waals surface area (Å²) in [4.78, 5) is 22.6. The first-order valence-electron chi connectivity index (χ1n) is 8.37. The highest BCUT2D eigenvalue weighted by Crippen LogP contribution is 2.31. The maximum atomic E-state index is 11.7. The van der Waals surface area contributed by atoms with Crippen molar-refractivity contribution in [3.8, 4) is 11.5 Å². The van der Waals surface area contributed by atoms with Gasteiger partial charge in [-0.1, -0.05) is 0 Å². The second-order valence-corrected chi connectivity index (χ2v) is 5.64. The molecule has 1 aromatic heterocycles. The average Bonchev–Trinajstić information content (AvgIpc) is 3.20. The van der Waals surface area contributed by atoms with Crippen LogP contribution >= 0.6 is 0 Å². The van der Waals surface area contributed by atoms with Crippen molar-refractivity contribution in [2.24, 2.45) is 0 Å². The van der Waals surface area contributed by atoms with E-state index in [2.05, 4.69) is 0 Å². The van der Waals surface area contributed by atoms with E-state index < -0.39 is 17.9 Å². The lowest BCUT2D eigenvalue weighted by atomic mass is 10.1. The van der Waals surface area contributed by atoms with Gasteiger partial charge in [0.05, 0.1) is 13.7 Å². The van der Waals surface area contributed by atoms with Crippen LogP contribution in [0.5, 0.6) is 11.5 Å². The molecule has 1 heterocycles. The Morgan fingerprint density at radius 2 is 2.00 bits per heavy atom. The number of methoxy groups -OCH3 is 2. The minimum Gasteiger partial charge on any atom is -0.493 e. The lowest BCUT2D eigenvalue weighted by Gasteiger charge is -2.27. The molecule has 2 unspecified atom stereocenters. The van der Waals surface area contributed by atoms with Crippen LogP contribution in [0.3, 0.4) is 0 Å². The van der Waals surface area contributed by atoms with Gasteiger partial charge in [0.1, 0.15) is 18.7 Å². The molecule has 0 aliphatic carbocycles. The van der Waals surface area contributed by atoms with Crippen LogP contribution in [0.15, 0.2) is 34.7 Å². The summed E-state index contributed by atoms with van der Waals surface area (Å²) in [6, 6.07) is 7.50. The largest absolute Gasteiger partial charge is 0.493 e. The van der Waals surface area contributed by atoms with Crippen LogP contribution in [0.2, 0.25) is 0 Å². The third-order valence-corrected chi connectivity index (χ3v) is 3.90. The molecule has 0 saturated carbocycles. The Hall–Kier alpha value is -2.88. The van der Waals surface area contributed by atoms with Gasteiger partial charge >= 0.3 is 5.97 Å². The predicted octanol–water partition coefficient (Wildman–Crippen LogP) is 1.40. The van der Waals surface area contributed by atoms with Gasteiger partial charge in [-0.25, -0.2) is 4.79 Å². The van der Waals surface area contributed by atoms with Gasteiger partial charge in [0, 0.05) is 12.7 Å². The van der Waals surface area contributed by atoms with Crippen molar-refractivity contribution in [1.82, 2.24) is 0 Å². The van der Waals surface area contributed by atoms with Gasteiger partial charge in [0.25, 0.3) is 5.79 Å². The normalized spacial score (nSPS) is 14.0. The van der Waals surface area contributed by atoms with Crippen molar-refractivity contribution in [3.63, 3.8) is 0 Å². The SMILES string of the molecule is CCOC(=O)C(O)C(O)(OC)c1ccc(COc2ccc(C=O)cc2OC)o1. The summed E-state index contributed by atoms with van der Waals surface area (Å²) in [7, 11) is 2.55. The molecule has 0 fully saturated rings. The zero-order valence-corrected chi connectivity index (χ0v) is 15.7. The number of aldehydes is 1. The smallest absolute Gasteiger partial charge is 0.341 e. The second-order valence-electron chi connectivity index (χ2n) is 5.64. The quantitative estimate of drug-likeness (QED) is 0.349. The van der Waals surface area contributed by atoms with E-state index in [1.165, 1.54) is 25.3 Å². The van der Waals surface area contributed by atoms with Crippen LogP contribution in [0.1, 0.15) is 28.8 Å². The number of hydrogen-bond donors (Lipinski definition) is 2. The number of esters is 1. The van der Waals surface area contributed by atoms with Gasteiger partial charge in [-0.05, 0) is 37.3 Å². The molecule has 2 atom stereocenters. The minimum absolute atomic E-state index is 0.0255. The number of hydrogen-bond acceptors (Lipinski definition) is 9. The van der Waals surface area contributed by atoms with Crippen molar-refractivity contribution in [2.75, 3.05) is 20.8 Å². The van der Waals surface area contributed by atoms with Gasteiger partial charge < -0.3 is 33.6 Å². The average molecular weight is 394 g/mol. The van der Waals surface area contributed by atoms with Gasteiger partial charge in [-0.2, -0.15) is 0 Å². The highest BCUT2D eigenvalue weighted by atomic mass is 16.6. The van der Waals surface area contributed by atoms with Crippen LogP contribution in [0.25, 0.3) is 0 Å². The maximum absolute atomic E-state index is 11.7. The molecule has 28 heavy (non-hydrogen) atoms. The van der Waals surface area contributed by atoms with Crippen LogP contribution in [0.4, 0.5) is 0 Å². The third kappa shape index (κ3) is 4.50. The Labute approximate surface area is 161 Å². The topological polar surface area (TPSA) is 125 Å². The minimum atomic E-state index is -2.42. The number of furan rings is 1. The Kier molecular flexibility index (Phi) is 7.16. The lowest BCUT2D eigenvalue weighted by molar-refractivity contribution is -0.263. The summed E-state index contributed by atoms with van der Waals surface area (Å²) in [6.45, 7) is 1.54. The summed E-state index contributed by atoms with van der Waals surface area (Å²) in [5.41, 5.74) is 0.433. The van der Waals surface area contributed by atoms with Gasteiger partial charge in [0.15, 0.2) is 17.3 Å². The molecule has 1 aromatic carbocycles. The first-order chi connectivity index (χ1) is 13.4. The fraction of sp³-hybridized carbons (Fsp3) is 0.368. The number of carbonyl (C=O) groups excluding carboxylic acids is 2. The lowest BCUT2D eigenvalue weighted by Crippen LogP contribution is -2.46.